The minimum absolute atomic E-state index is 0.228. The SMILES string of the molecule is Oc1ccc(-c2ccc(-c3ccccc3-c3ccccc3)c(O)c2)cc1. The fraction of sp³-hybridized carbons (Fsp3) is 0. The molecule has 26 heavy (non-hydrogen) atoms. The molecule has 0 spiro atoms. The molecule has 0 heterocycles. The second-order valence-corrected chi connectivity index (χ2v) is 6.19. The summed E-state index contributed by atoms with van der Waals surface area (Å²) in [7, 11) is 0. The Kier molecular flexibility index (Phi) is 4.16. The predicted octanol–water partition coefficient (Wildman–Crippen LogP) is 6.10. The van der Waals surface area contributed by atoms with Gasteiger partial charge in [-0.2, -0.15) is 0 Å². The molecule has 2 heteroatoms. The summed E-state index contributed by atoms with van der Waals surface area (Å²) in [5, 5.41) is 20.1. The van der Waals surface area contributed by atoms with Crippen LogP contribution >= 0.6 is 0 Å². The highest BCUT2D eigenvalue weighted by atomic mass is 16.3. The molecule has 0 radical (unpaired) electrons. The van der Waals surface area contributed by atoms with Crippen LogP contribution in [0.15, 0.2) is 97.1 Å². The molecule has 0 atom stereocenters. The Balaban J connectivity index is 1.79. The van der Waals surface area contributed by atoms with E-state index in [0.717, 1.165) is 33.4 Å². The Labute approximate surface area is 152 Å². The molecule has 0 unspecified atom stereocenters. The van der Waals surface area contributed by atoms with Gasteiger partial charge in [0.2, 0.25) is 0 Å². The van der Waals surface area contributed by atoms with Crippen LogP contribution < -0.4 is 0 Å². The van der Waals surface area contributed by atoms with Gasteiger partial charge in [-0.3, -0.25) is 0 Å². The molecule has 0 bridgehead atoms. The smallest absolute Gasteiger partial charge is 0.124 e. The predicted molar refractivity (Wildman–Crippen MR) is 106 cm³/mol. The maximum Gasteiger partial charge on any atom is 0.124 e. The second kappa shape index (κ2) is 6.77. The van der Waals surface area contributed by atoms with E-state index in [1.165, 1.54) is 0 Å². The van der Waals surface area contributed by atoms with Gasteiger partial charge in [-0.15, -0.1) is 0 Å². The lowest BCUT2D eigenvalue weighted by molar-refractivity contribution is 0.475. The van der Waals surface area contributed by atoms with Crippen LogP contribution in [0.5, 0.6) is 11.5 Å². The monoisotopic (exact) mass is 338 g/mol. The first kappa shape index (κ1) is 16.0. The van der Waals surface area contributed by atoms with Crippen LogP contribution in [0, 0.1) is 0 Å². The average molecular weight is 338 g/mol. The zero-order chi connectivity index (χ0) is 17.9. The number of hydrogen-bond acceptors (Lipinski definition) is 2. The lowest BCUT2D eigenvalue weighted by Crippen LogP contribution is -1.86. The lowest BCUT2D eigenvalue weighted by Gasteiger charge is -2.13. The van der Waals surface area contributed by atoms with Gasteiger partial charge in [0.05, 0.1) is 0 Å². The van der Waals surface area contributed by atoms with Crippen molar-refractivity contribution in [3.05, 3.63) is 97.1 Å². The standard InChI is InChI=1S/C24H18O2/c25-20-13-10-17(11-14-20)19-12-15-23(24(26)16-19)22-9-5-4-8-21(22)18-6-2-1-3-7-18/h1-16,25-26H. The lowest BCUT2D eigenvalue weighted by atomic mass is 9.92. The van der Waals surface area contributed by atoms with Crippen LogP contribution in [0.3, 0.4) is 0 Å². The molecular formula is C24H18O2. The van der Waals surface area contributed by atoms with E-state index in [9.17, 15) is 10.2 Å². The minimum Gasteiger partial charge on any atom is -0.508 e. The van der Waals surface area contributed by atoms with Gasteiger partial charge in [-0.25, -0.2) is 0 Å². The largest absolute Gasteiger partial charge is 0.508 e. The first-order chi connectivity index (χ1) is 12.7. The average Bonchev–Trinajstić information content (AvgIpc) is 2.69. The van der Waals surface area contributed by atoms with Crippen molar-refractivity contribution >= 4 is 0 Å². The molecule has 0 aliphatic carbocycles. The Morgan fingerprint density at radius 3 is 1.73 bits per heavy atom. The number of phenolic OH excluding ortho intramolecular Hbond substituents is 2. The summed E-state index contributed by atoms with van der Waals surface area (Å²) in [5.74, 6) is 0.463. The van der Waals surface area contributed by atoms with Crippen molar-refractivity contribution in [2.24, 2.45) is 0 Å². The van der Waals surface area contributed by atoms with E-state index in [4.69, 9.17) is 0 Å². The number of hydrogen-bond donors (Lipinski definition) is 2. The van der Waals surface area contributed by atoms with Crippen LogP contribution in [0.1, 0.15) is 0 Å². The van der Waals surface area contributed by atoms with E-state index >= 15 is 0 Å². The maximum absolute atomic E-state index is 10.7. The Bertz CT molecular complexity index is 1040. The summed E-state index contributed by atoms with van der Waals surface area (Å²) >= 11 is 0. The van der Waals surface area contributed by atoms with Gasteiger partial charge in [0.1, 0.15) is 11.5 Å². The molecule has 0 saturated carbocycles. The molecule has 4 aromatic carbocycles. The van der Waals surface area contributed by atoms with Gasteiger partial charge in [-0.1, -0.05) is 78.9 Å². The van der Waals surface area contributed by atoms with Crippen molar-refractivity contribution in [1.82, 2.24) is 0 Å². The molecule has 0 fully saturated rings. The highest BCUT2D eigenvalue weighted by Gasteiger charge is 2.11. The van der Waals surface area contributed by atoms with Gasteiger partial charge in [-0.05, 0) is 46.0 Å². The third-order valence-electron chi connectivity index (χ3n) is 4.50. The molecule has 2 nitrogen and oxygen atoms in total. The molecule has 126 valence electrons. The van der Waals surface area contributed by atoms with Crippen LogP contribution in [0.2, 0.25) is 0 Å². The molecule has 0 aromatic heterocycles. The van der Waals surface area contributed by atoms with Crippen molar-refractivity contribution in [3.8, 4) is 44.9 Å². The number of rotatable bonds is 3. The first-order valence-corrected chi connectivity index (χ1v) is 8.49. The summed E-state index contributed by atoms with van der Waals surface area (Å²) in [5.41, 5.74) is 5.84. The molecule has 4 rings (SSSR count). The quantitative estimate of drug-likeness (QED) is 0.474. The van der Waals surface area contributed by atoms with E-state index in [0.29, 0.717) is 0 Å². The summed E-state index contributed by atoms with van der Waals surface area (Å²) < 4.78 is 0. The molecular weight excluding hydrogens is 320 g/mol. The van der Waals surface area contributed by atoms with Crippen molar-refractivity contribution in [2.75, 3.05) is 0 Å². The van der Waals surface area contributed by atoms with Gasteiger partial charge < -0.3 is 10.2 Å². The van der Waals surface area contributed by atoms with Crippen molar-refractivity contribution in [3.63, 3.8) is 0 Å². The molecule has 4 aromatic rings. The zero-order valence-corrected chi connectivity index (χ0v) is 14.1. The van der Waals surface area contributed by atoms with E-state index in [1.54, 1.807) is 18.2 Å². The summed E-state index contributed by atoms with van der Waals surface area (Å²) in [6.45, 7) is 0. The van der Waals surface area contributed by atoms with Crippen LogP contribution in [-0.4, -0.2) is 10.2 Å². The Morgan fingerprint density at radius 2 is 1.04 bits per heavy atom. The third-order valence-corrected chi connectivity index (χ3v) is 4.50. The third kappa shape index (κ3) is 3.05. The van der Waals surface area contributed by atoms with Crippen LogP contribution in [0.4, 0.5) is 0 Å². The fourth-order valence-electron chi connectivity index (χ4n) is 3.18. The normalized spacial score (nSPS) is 10.6. The number of aromatic hydroxyl groups is 2. The summed E-state index contributed by atoms with van der Waals surface area (Å²) in [4.78, 5) is 0. The van der Waals surface area contributed by atoms with Gasteiger partial charge in [0, 0.05) is 5.56 Å². The van der Waals surface area contributed by atoms with Crippen LogP contribution in [0.25, 0.3) is 33.4 Å². The van der Waals surface area contributed by atoms with Crippen LogP contribution in [-0.2, 0) is 0 Å². The van der Waals surface area contributed by atoms with E-state index in [2.05, 4.69) is 18.2 Å². The Hall–Kier alpha value is -3.52. The first-order valence-electron chi connectivity index (χ1n) is 8.49. The topological polar surface area (TPSA) is 40.5 Å². The highest BCUT2D eigenvalue weighted by Crippen LogP contribution is 2.38. The second-order valence-electron chi connectivity index (χ2n) is 6.19. The number of phenols is 2. The summed E-state index contributed by atoms with van der Waals surface area (Å²) in [6, 6.07) is 30.9. The summed E-state index contributed by atoms with van der Waals surface area (Å²) in [6.07, 6.45) is 0. The minimum atomic E-state index is 0.228. The van der Waals surface area contributed by atoms with Gasteiger partial charge >= 0.3 is 0 Å². The van der Waals surface area contributed by atoms with E-state index in [-0.39, 0.29) is 11.5 Å². The highest BCUT2D eigenvalue weighted by molar-refractivity contribution is 5.87. The van der Waals surface area contributed by atoms with Gasteiger partial charge in [0.15, 0.2) is 0 Å². The molecule has 0 aliphatic rings. The van der Waals surface area contributed by atoms with E-state index in [1.807, 2.05) is 60.7 Å². The van der Waals surface area contributed by atoms with Crippen molar-refractivity contribution < 1.29 is 10.2 Å². The number of benzene rings is 4. The molecule has 2 N–H and O–H groups in total. The van der Waals surface area contributed by atoms with E-state index < -0.39 is 0 Å². The van der Waals surface area contributed by atoms with Gasteiger partial charge in [0.25, 0.3) is 0 Å². The molecule has 0 saturated heterocycles. The molecule has 0 aliphatic heterocycles. The zero-order valence-electron chi connectivity index (χ0n) is 14.1. The van der Waals surface area contributed by atoms with Crippen molar-refractivity contribution in [2.45, 2.75) is 0 Å². The fourth-order valence-corrected chi connectivity index (χ4v) is 3.18. The maximum atomic E-state index is 10.7. The Morgan fingerprint density at radius 1 is 0.423 bits per heavy atom. The van der Waals surface area contributed by atoms with Crippen molar-refractivity contribution in [1.29, 1.82) is 0 Å². The molecule has 0 amide bonds.